The molecule has 0 spiro atoms. The maximum atomic E-state index is 6.11. The Balaban J connectivity index is 2.10. The monoisotopic (exact) mass is 285 g/mol. The van der Waals surface area contributed by atoms with E-state index in [1.807, 2.05) is 6.20 Å². The highest BCUT2D eigenvalue weighted by atomic mass is 79.9. The molecule has 0 aliphatic heterocycles. The lowest BCUT2D eigenvalue weighted by Gasteiger charge is -2.00. The third-order valence-electron chi connectivity index (χ3n) is 2.65. The smallest absolute Gasteiger partial charge is 0.143 e. The first-order valence-corrected chi connectivity index (χ1v) is 6.10. The molecule has 78 valence electrons. The van der Waals surface area contributed by atoms with Crippen molar-refractivity contribution in [1.29, 1.82) is 0 Å². The molecule has 0 radical (unpaired) electrons. The summed E-state index contributed by atoms with van der Waals surface area (Å²) < 4.78 is 0.917. The maximum absolute atomic E-state index is 6.11. The number of H-pyrrole nitrogens is 1. The van der Waals surface area contributed by atoms with Crippen molar-refractivity contribution in [2.75, 3.05) is 0 Å². The van der Waals surface area contributed by atoms with E-state index in [9.17, 15) is 0 Å². The number of fused-ring (bicyclic) bond motifs is 1. The van der Waals surface area contributed by atoms with E-state index < -0.39 is 0 Å². The van der Waals surface area contributed by atoms with Gasteiger partial charge in [0, 0.05) is 17.1 Å². The van der Waals surface area contributed by atoms with Crippen LogP contribution in [0.15, 0.2) is 10.7 Å². The number of nitrogens with one attached hydrogen (secondary N) is 1. The molecule has 2 aromatic rings. The number of aromatic nitrogens is 3. The average Bonchev–Trinajstić information content (AvgIpc) is 2.90. The minimum absolute atomic E-state index is 0.531. The normalized spacial score (nSPS) is 16.1. The zero-order valence-corrected chi connectivity index (χ0v) is 10.3. The van der Waals surface area contributed by atoms with Gasteiger partial charge in [-0.3, -0.25) is 0 Å². The zero-order chi connectivity index (χ0) is 10.4. The summed E-state index contributed by atoms with van der Waals surface area (Å²) in [7, 11) is 0. The van der Waals surface area contributed by atoms with Crippen LogP contribution in [0.1, 0.15) is 18.7 Å². The molecule has 0 bridgehead atoms. The number of rotatable bonds is 2. The van der Waals surface area contributed by atoms with Crippen LogP contribution < -0.4 is 0 Å². The Morgan fingerprint density at radius 2 is 2.27 bits per heavy atom. The van der Waals surface area contributed by atoms with Crippen molar-refractivity contribution in [1.82, 2.24) is 15.0 Å². The van der Waals surface area contributed by atoms with Gasteiger partial charge < -0.3 is 4.98 Å². The van der Waals surface area contributed by atoms with Gasteiger partial charge in [-0.1, -0.05) is 11.6 Å². The van der Waals surface area contributed by atoms with Crippen LogP contribution in [0.3, 0.4) is 0 Å². The molecule has 3 nitrogen and oxygen atoms in total. The van der Waals surface area contributed by atoms with Crippen LogP contribution in [0, 0.1) is 5.92 Å². The number of aromatic amines is 1. The van der Waals surface area contributed by atoms with Crippen molar-refractivity contribution in [3.8, 4) is 0 Å². The van der Waals surface area contributed by atoms with Crippen LogP contribution >= 0.6 is 27.5 Å². The van der Waals surface area contributed by atoms with Gasteiger partial charge in [0.15, 0.2) is 0 Å². The molecule has 2 heterocycles. The minimum Gasteiger partial charge on any atom is -0.345 e. The Morgan fingerprint density at radius 1 is 1.47 bits per heavy atom. The molecule has 15 heavy (non-hydrogen) atoms. The molecule has 1 N–H and O–H groups in total. The third-order valence-corrected chi connectivity index (χ3v) is 3.55. The summed E-state index contributed by atoms with van der Waals surface area (Å²) in [5.74, 6) is 1.63. The fourth-order valence-corrected chi connectivity index (χ4v) is 2.56. The van der Waals surface area contributed by atoms with Crippen LogP contribution in [0.25, 0.3) is 11.0 Å². The summed E-state index contributed by atoms with van der Waals surface area (Å²) in [6, 6.07) is 0. The predicted octanol–water partition coefficient (Wildman–Crippen LogP) is 3.33. The summed E-state index contributed by atoms with van der Waals surface area (Å²) in [6.45, 7) is 0. The van der Waals surface area contributed by atoms with Crippen molar-refractivity contribution in [2.45, 2.75) is 19.3 Å². The lowest BCUT2D eigenvalue weighted by molar-refractivity contribution is 0.775. The average molecular weight is 287 g/mol. The Hall–Kier alpha value is -0.610. The second-order valence-electron chi connectivity index (χ2n) is 3.94. The summed E-state index contributed by atoms with van der Waals surface area (Å²) >= 11 is 9.52. The van der Waals surface area contributed by atoms with E-state index in [-0.39, 0.29) is 0 Å². The van der Waals surface area contributed by atoms with E-state index in [2.05, 4.69) is 30.9 Å². The van der Waals surface area contributed by atoms with Gasteiger partial charge in [-0.2, -0.15) is 0 Å². The van der Waals surface area contributed by atoms with E-state index in [0.29, 0.717) is 5.15 Å². The van der Waals surface area contributed by atoms with E-state index >= 15 is 0 Å². The van der Waals surface area contributed by atoms with Crippen LogP contribution in [-0.2, 0) is 6.42 Å². The molecule has 0 saturated heterocycles. The minimum atomic E-state index is 0.531. The second-order valence-corrected chi connectivity index (χ2v) is 5.15. The first kappa shape index (κ1) is 9.60. The number of hydrogen-bond acceptors (Lipinski definition) is 2. The van der Waals surface area contributed by atoms with Gasteiger partial charge in [0.25, 0.3) is 0 Å². The Labute approximate surface area is 100 Å². The third kappa shape index (κ3) is 1.76. The van der Waals surface area contributed by atoms with Crippen LogP contribution in [0.4, 0.5) is 0 Å². The number of nitrogens with zero attached hydrogens (tertiary/aromatic N) is 2. The molecule has 1 saturated carbocycles. The molecular weight excluding hydrogens is 277 g/mol. The van der Waals surface area contributed by atoms with Gasteiger partial charge in [-0.05, 0) is 34.7 Å². The molecule has 2 aromatic heterocycles. The lowest BCUT2D eigenvalue weighted by Crippen LogP contribution is -1.97. The van der Waals surface area contributed by atoms with Crippen LogP contribution in [0.5, 0.6) is 0 Å². The molecule has 0 atom stereocenters. The van der Waals surface area contributed by atoms with E-state index in [1.54, 1.807) is 0 Å². The summed E-state index contributed by atoms with van der Waals surface area (Å²) in [6.07, 6.45) is 5.39. The van der Waals surface area contributed by atoms with Gasteiger partial charge in [0.05, 0.1) is 5.39 Å². The molecule has 0 amide bonds. The molecule has 3 rings (SSSR count). The van der Waals surface area contributed by atoms with Gasteiger partial charge >= 0.3 is 0 Å². The number of hydrogen-bond donors (Lipinski definition) is 1. The topological polar surface area (TPSA) is 41.6 Å². The highest BCUT2D eigenvalue weighted by Gasteiger charge is 2.23. The largest absolute Gasteiger partial charge is 0.345 e. The Bertz CT molecular complexity index is 519. The first-order valence-electron chi connectivity index (χ1n) is 4.93. The summed E-state index contributed by atoms with van der Waals surface area (Å²) in [5.41, 5.74) is 0.817. The van der Waals surface area contributed by atoms with Gasteiger partial charge in [0.1, 0.15) is 16.6 Å². The van der Waals surface area contributed by atoms with Crippen LogP contribution in [0.2, 0.25) is 5.15 Å². The van der Waals surface area contributed by atoms with E-state index in [4.69, 9.17) is 11.6 Å². The quantitative estimate of drug-likeness (QED) is 0.860. The molecule has 1 fully saturated rings. The van der Waals surface area contributed by atoms with Crippen LogP contribution in [-0.4, -0.2) is 15.0 Å². The Morgan fingerprint density at radius 3 is 3.00 bits per heavy atom. The lowest BCUT2D eigenvalue weighted by atomic mass is 10.3. The number of halogens is 2. The standard InChI is InChI=1S/C10H9BrClN3/c11-6-4-13-10-8(6)9(12)14-7(15-10)3-5-1-2-5/h4-5H,1-3H2,(H,13,14,15). The van der Waals surface area contributed by atoms with E-state index in [0.717, 1.165) is 33.7 Å². The molecule has 1 aliphatic rings. The molecule has 0 unspecified atom stereocenters. The summed E-state index contributed by atoms with van der Waals surface area (Å²) in [4.78, 5) is 11.9. The second kappa shape index (κ2) is 3.46. The Kier molecular flexibility index (Phi) is 2.21. The fraction of sp³-hybridized carbons (Fsp3) is 0.400. The highest BCUT2D eigenvalue weighted by Crippen LogP contribution is 2.33. The molecular formula is C10H9BrClN3. The van der Waals surface area contributed by atoms with Gasteiger partial charge in [-0.15, -0.1) is 0 Å². The van der Waals surface area contributed by atoms with Gasteiger partial charge in [0.2, 0.25) is 0 Å². The summed E-state index contributed by atoms with van der Waals surface area (Å²) in [5, 5.41) is 1.40. The van der Waals surface area contributed by atoms with Crippen molar-refractivity contribution < 1.29 is 0 Å². The van der Waals surface area contributed by atoms with Crippen molar-refractivity contribution in [3.63, 3.8) is 0 Å². The predicted molar refractivity (Wildman–Crippen MR) is 63.0 cm³/mol. The van der Waals surface area contributed by atoms with Crippen molar-refractivity contribution in [2.24, 2.45) is 5.92 Å². The highest BCUT2D eigenvalue weighted by molar-refractivity contribution is 9.10. The molecule has 5 heteroatoms. The zero-order valence-electron chi connectivity index (χ0n) is 7.93. The molecule has 1 aliphatic carbocycles. The fourth-order valence-electron chi connectivity index (χ4n) is 1.67. The van der Waals surface area contributed by atoms with Gasteiger partial charge in [-0.25, -0.2) is 9.97 Å². The van der Waals surface area contributed by atoms with Crippen molar-refractivity contribution in [3.05, 3.63) is 21.6 Å². The first-order chi connectivity index (χ1) is 7.24. The maximum Gasteiger partial charge on any atom is 0.143 e. The SMILES string of the molecule is Clc1nc(CC2CC2)nc2[nH]cc(Br)c12. The van der Waals surface area contributed by atoms with Crippen molar-refractivity contribution >= 4 is 38.6 Å². The molecule has 0 aromatic carbocycles. The van der Waals surface area contributed by atoms with E-state index in [1.165, 1.54) is 12.8 Å².